The summed E-state index contributed by atoms with van der Waals surface area (Å²) in [7, 11) is 0. The molecule has 1 atom stereocenters. The summed E-state index contributed by atoms with van der Waals surface area (Å²) in [5.74, 6) is 0.993. The lowest BCUT2D eigenvalue weighted by Crippen LogP contribution is -2.36. The van der Waals surface area contributed by atoms with Gasteiger partial charge in [0.05, 0.1) is 12.3 Å². The molecule has 0 radical (unpaired) electrons. The summed E-state index contributed by atoms with van der Waals surface area (Å²) in [6.45, 7) is 4.39. The van der Waals surface area contributed by atoms with Gasteiger partial charge in [-0.25, -0.2) is 0 Å². The van der Waals surface area contributed by atoms with Crippen molar-refractivity contribution in [2.45, 2.75) is 25.8 Å². The van der Waals surface area contributed by atoms with Gasteiger partial charge in [-0.05, 0) is 63.2 Å². The van der Waals surface area contributed by atoms with E-state index < -0.39 is 0 Å². The fraction of sp³-hybridized carbons (Fsp3) is 0.350. The third kappa shape index (κ3) is 3.24. The number of nitrogens with zero attached hydrogens (tertiary/aromatic N) is 1. The summed E-state index contributed by atoms with van der Waals surface area (Å²) in [6.07, 6.45) is 4.02. The van der Waals surface area contributed by atoms with E-state index in [2.05, 4.69) is 10.2 Å². The molecule has 0 unspecified atom stereocenters. The van der Waals surface area contributed by atoms with E-state index in [4.69, 9.17) is 20.4 Å². The number of nitrogens with one attached hydrogen (secondary N) is 1. The number of halogens is 1. The molecular weight excluding hydrogens is 352 g/mol. The van der Waals surface area contributed by atoms with Crippen molar-refractivity contribution in [2.75, 3.05) is 19.6 Å². The summed E-state index contributed by atoms with van der Waals surface area (Å²) >= 11 is 6.05. The fourth-order valence-corrected chi connectivity index (χ4v) is 3.80. The maximum absolute atomic E-state index is 12.7. The summed E-state index contributed by atoms with van der Waals surface area (Å²) < 4.78 is 11.4. The van der Waals surface area contributed by atoms with Gasteiger partial charge in [0, 0.05) is 22.5 Å². The fourth-order valence-electron chi connectivity index (χ4n) is 3.62. The minimum absolute atomic E-state index is 0.0376. The van der Waals surface area contributed by atoms with Gasteiger partial charge in [-0.3, -0.25) is 9.69 Å². The number of hydrogen-bond donors (Lipinski definition) is 1. The second-order valence-corrected chi connectivity index (χ2v) is 7.12. The first kappa shape index (κ1) is 17.2. The quantitative estimate of drug-likeness (QED) is 0.713. The zero-order chi connectivity index (χ0) is 18.1. The number of likely N-dealkylation sites (tertiary alicyclic amines) is 1. The Bertz CT molecular complexity index is 911. The van der Waals surface area contributed by atoms with Gasteiger partial charge in [0.2, 0.25) is 0 Å². The Morgan fingerprint density at radius 2 is 2.12 bits per heavy atom. The van der Waals surface area contributed by atoms with Crippen molar-refractivity contribution >= 4 is 28.5 Å². The Kier molecular flexibility index (Phi) is 4.74. The Hall–Kier alpha value is -2.24. The molecule has 1 amide bonds. The molecule has 136 valence electrons. The molecule has 4 rings (SSSR count). The van der Waals surface area contributed by atoms with Gasteiger partial charge < -0.3 is 14.2 Å². The predicted octanol–water partition coefficient (Wildman–Crippen LogP) is 4.55. The van der Waals surface area contributed by atoms with Crippen LogP contribution in [0.25, 0.3) is 11.0 Å². The molecular formula is C20H21ClN2O3. The second-order valence-electron chi connectivity index (χ2n) is 6.68. The summed E-state index contributed by atoms with van der Waals surface area (Å²) in [4.78, 5) is 15.1. The zero-order valence-electron chi connectivity index (χ0n) is 14.6. The lowest BCUT2D eigenvalue weighted by molar-refractivity contribution is 0.0907. The van der Waals surface area contributed by atoms with Crippen molar-refractivity contribution in [1.82, 2.24) is 10.2 Å². The van der Waals surface area contributed by atoms with Crippen molar-refractivity contribution in [1.29, 1.82) is 0 Å². The highest BCUT2D eigenvalue weighted by molar-refractivity contribution is 6.31. The van der Waals surface area contributed by atoms with Crippen LogP contribution in [0.2, 0.25) is 5.02 Å². The molecule has 26 heavy (non-hydrogen) atoms. The smallest absolute Gasteiger partial charge is 0.287 e. The molecule has 0 saturated carbocycles. The van der Waals surface area contributed by atoms with Crippen LogP contribution in [0, 0.1) is 6.92 Å². The monoisotopic (exact) mass is 372 g/mol. The first-order chi connectivity index (χ1) is 12.6. The largest absolute Gasteiger partial charge is 0.468 e. The van der Waals surface area contributed by atoms with E-state index in [0.717, 1.165) is 29.8 Å². The number of aryl methyl sites for hydroxylation is 1. The first-order valence-electron chi connectivity index (χ1n) is 8.88. The number of hydrogen-bond acceptors (Lipinski definition) is 4. The molecule has 0 bridgehead atoms. The number of carbonyl (C=O) groups excluding carboxylic acids is 1. The standard InChI is InChI=1S/C20H21ClN2O3/c1-13-15-11-14(21)6-7-17(15)26-19(13)20(24)22-12-16(18-5-4-10-25-18)23-8-2-3-9-23/h4-7,10-11,16H,2-3,8-9,12H2,1H3,(H,22,24)/t16-/m1/s1. The van der Waals surface area contributed by atoms with Crippen LogP contribution < -0.4 is 5.32 Å². The number of carbonyl (C=O) groups is 1. The van der Waals surface area contributed by atoms with Crippen LogP contribution in [0.15, 0.2) is 45.4 Å². The zero-order valence-corrected chi connectivity index (χ0v) is 15.4. The van der Waals surface area contributed by atoms with E-state index in [0.29, 0.717) is 22.9 Å². The summed E-state index contributed by atoms with van der Waals surface area (Å²) in [5.41, 5.74) is 1.47. The number of rotatable bonds is 5. The van der Waals surface area contributed by atoms with E-state index >= 15 is 0 Å². The maximum Gasteiger partial charge on any atom is 0.287 e. The average molecular weight is 373 g/mol. The summed E-state index contributed by atoms with van der Waals surface area (Å²) in [6, 6.07) is 9.25. The van der Waals surface area contributed by atoms with E-state index in [1.165, 1.54) is 12.8 Å². The van der Waals surface area contributed by atoms with Crippen LogP contribution in [0.5, 0.6) is 0 Å². The highest BCUT2D eigenvalue weighted by Gasteiger charge is 2.27. The van der Waals surface area contributed by atoms with Gasteiger partial charge in [0.25, 0.3) is 5.91 Å². The Balaban J connectivity index is 1.53. The topological polar surface area (TPSA) is 58.6 Å². The second kappa shape index (κ2) is 7.17. The molecule has 2 aromatic heterocycles. The number of furan rings is 2. The molecule has 6 heteroatoms. The van der Waals surface area contributed by atoms with Gasteiger partial charge in [-0.2, -0.15) is 0 Å². The predicted molar refractivity (Wildman–Crippen MR) is 101 cm³/mol. The lowest BCUT2D eigenvalue weighted by atomic mass is 10.1. The molecule has 1 aromatic carbocycles. The van der Waals surface area contributed by atoms with Crippen LogP contribution in [-0.4, -0.2) is 30.4 Å². The molecule has 5 nitrogen and oxygen atoms in total. The van der Waals surface area contributed by atoms with Gasteiger partial charge >= 0.3 is 0 Å². The molecule has 3 aromatic rings. The number of fused-ring (bicyclic) bond motifs is 1. The van der Waals surface area contributed by atoms with E-state index in [-0.39, 0.29) is 11.9 Å². The third-order valence-corrected chi connectivity index (χ3v) is 5.25. The molecule has 1 N–H and O–H groups in total. The van der Waals surface area contributed by atoms with Crippen molar-refractivity contribution in [3.05, 3.63) is 58.7 Å². The highest BCUT2D eigenvalue weighted by atomic mass is 35.5. The first-order valence-corrected chi connectivity index (χ1v) is 9.25. The lowest BCUT2D eigenvalue weighted by Gasteiger charge is -2.25. The SMILES string of the molecule is Cc1c(C(=O)NC[C@H](c2ccco2)N2CCCC2)oc2ccc(Cl)cc12. The van der Waals surface area contributed by atoms with Crippen molar-refractivity contribution in [2.24, 2.45) is 0 Å². The van der Waals surface area contributed by atoms with Gasteiger partial charge in [-0.15, -0.1) is 0 Å². The van der Waals surface area contributed by atoms with Crippen LogP contribution in [0.3, 0.4) is 0 Å². The van der Waals surface area contributed by atoms with E-state index in [9.17, 15) is 4.79 Å². The average Bonchev–Trinajstić information content (AvgIpc) is 3.38. The van der Waals surface area contributed by atoms with Crippen molar-refractivity contribution < 1.29 is 13.6 Å². The normalized spacial score (nSPS) is 16.2. The maximum atomic E-state index is 12.7. The van der Waals surface area contributed by atoms with E-state index in [1.807, 2.05) is 25.1 Å². The van der Waals surface area contributed by atoms with Crippen LogP contribution in [0.1, 0.15) is 40.8 Å². The number of amides is 1. The van der Waals surface area contributed by atoms with Crippen LogP contribution >= 0.6 is 11.6 Å². The molecule has 1 saturated heterocycles. The Morgan fingerprint density at radius 3 is 2.85 bits per heavy atom. The van der Waals surface area contributed by atoms with Gasteiger partial charge in [0.1, 0.15) is 11.3 Å². The molecule has 1 fully saturated rings. The minimum Gasteiger partial charge on any atom is -0.468 e. The van der Waals surface area contributed by atoms with Crippen molar-refractivity contribution in [3.63, 3.8) is 0 Å². The molecule has 1 aliphatic rings. The van der Waals surface area contributed by atoms with Gasteiger partial charge in [0.15, 0.2) is 5.76 Å². The molecule has 3 heterocycles. The van der Waals surface area contributed by atoms with Gasteiger partial charge in [-0.1, -0.05) is 11.6 Å². The third-order valence-electron chi connectivity index (χ3n) is 5.01. The van der Waals surface area contributed by atoms with Crippen molar-refractivity contribution in [3.8, 4) is 0 Å². The Morgan fingerprint density at radius 1 is 1.31 bits per heavy atom. The molecule has 1 aliphatic heterocycles. The molecule has 0 spiro atoms. The minimum atomic E-state index is -0.217. The van der Waals surface area contributed by atoms with Crippen LogP contribution in [-0.2, 0) is 0 Å². The number of benzene rings is 1. The van der Waals surface area contributed by atoms with Crippen LogP contribution in [0.4, 0.5) is 0 Å². The summed E-state index contributed by atoms with van der Waals surface area (Å²) in [5, 5.41) is 4.50. The van der Waals surface area contributed by atoms with E-state index in [1.54, 1.807) is 18.4 Å². The highest BCUT2D eigenvalue weighted by Crippen LogP contribution is 2.28. The molecule has 0 aliphatic carbocycles. The Labute approximate surface area is 156 Å².